The van der Waals surface area contributed by atoms with Crippen LogP contribution in [0, 0.1) is 0 Å². The third-order valence-corrected chi connectivity index (χ3v) is 2.65. The Hall–Kier alpha value is -1.09. The predicted molar refractivity (Wildman–Crippen MR) is 58.4 cm³/mol. The van der Waals surface area contributed by atoms with Crippen LogP contribution in [0.5, 0.6) is 0 Å². The number of anilines is 1. The standard InChI is InChI=1S/C11H17N3/c1-12-7-9-3-6-11(13-8-9)14(2)10-4-5-10/h3,6,8,10,12H,4-5,7H2,1-2H3. The van der Waals surface area contributed by atoms with Gasteiger partial charge in [-0.2, -0.15) is 0 Å². The molecule has 0 aromatic carbocycles. The number of pyridine rings is 1. The van der Waals surface area contributed by atoms with Gasteiger partial charge in [-0.1, -0.05) is 6.07 Å². The Balaban J connectivity index is 2.04. The van der Waals surface area contributed by atoms with Crippen LogP contribution in [0.4, 0.5) is 5.82 Å². The first-order chi connectivity index (χ1) is 6.81. The van der Waals surface area contributed by atoms with Crippen LogP contribution < -0.4 is 10.2 Å². The summed E-state index contributed by atoms with van der Waals surface area (Å²) in [5, 5.41) is 3.11. The molecule has 1 aliphatic carbocycles. The van der Waals surface area contributed by atoms with Crippen molar-refractivity contribution < 1.29 is 0 Å². The van der Waals surface area contributed by atoms with E-state index < -0.39 is 0 Å². The molecule has 3 nitrogen and oxygen atoms in total. The van der Waals surface area contributed by atoms with Crippen LogP contribution in [-0.4, -0.2) is 25.1 Å². The van der Waals surface area contributed by atoms with Crippen LogP contribution in [0.3, 0.4) is 0 Å². The highest BCUT2D eigenvalue weighted by Gasteiger charge is 2.26. The fraction of sp³-hybridized carbons (Fsp3) is 0.545. The van der Waals surface area contributed by atoms with Crippen LogP contribution in [-0.2, 0) is 6.54 Å². The Labute approximate surface area is 85.1 Å². The molecule has 14 heavy (non-hydrogen) atoms. The minimum atomic E-state index is 0.734. The summed E-state index contributed by atoms with van der Waals surface area (Å²) in [6, 6.07) is 4.97. The predicted octanol–water partition coefficient (Wildman–Crippen LogP) is 1.40. The monoisotopic (exact) mass is 191 g/mol. The van der Waals surface area contributed by atoms with Crippen molar-refractivity contribution in [2.24, 2.45) is 0 Å². The summed E-state index contributed by atoms with van der Waals surface area (Å²) in [4.78, 5) is 6.71. The zero-order chi connectivity index (χ0) is 9.97. The normalized spacial score (nSPS) is 15.6. The van der Waals surface area contributed by atoms with E-state index in [0.29, 0.717) is 0 Å². The van der Waals surface area contributed by atoms with Gasteiger partial charge in [0.2, 0.25) is 0 Å². The molecule has 0 atom stereocenters. The van der Waals surface area contributed by atoms with Gasteiger partial charge in [0.1, 0.15) is 5.82 Å². The number of hydrogen-bond acceptors (Lipinski definition) is 3. The summed E-state index contributed by atoms with van der Waals surface area (Å²) in [5.41, 5.74) is 1.24. The van der Waals surface area contributed by atoms with Crippen molar-refractivity contribution >= 4 is 5.82 Å². The van der Waals surface area contributed by atoms with E-state index in [9.17, 15) is 0 Å². The van der Waals surface area contributed by atoms with Crippen molar-refractivity contribution in [3.63, 3.8) is 0 Å². The van der Waals surface area contributed by atoms with Gasteiger partial charge in [-0.3, -0.25) is 0 Å². The Morgan fingerprint density at radius 1 is 1.50 bits per heavy atom. The van der Waals surface area contributed by atoms with Crippen molar-refractivity contribution in [1.29, 1.82) is 0 Å². The maximum atomic E-state index is 4.44. The molecule has 3 heteroatoms. The summed E-state index contributed by atoms with van der Waals surface area (Å²) < 4.78 is 0. The summed E-state index contributed by atoms with van der Waals surface area (Å²) in [5.74, 6) is 1.09. The van der Waals surface area contributed by atoms with Crippen LogP contribution >= 0.6 is 0 Å². The molecular weight excluding hydrogens is 174 g/mol. The molecule has 0 radical (unpaired) electrons. The highest BCUT2D eigenvalue weighted by atomic mass is 15.2. The number of rotatable bonds is 4. The average Bonchev–Trinajstić information content (AvgIpc) is 3.02. The second kappa shape index (κ2) is 3.96. The molecule has 0 unspecified atom stereocenters. The molecule has 1 aromatic heterocycles. The number of aromatic nitrogens is 1. The first-order valence-corrected chi connectivity index (χ1v) is 5.13. The lowest BCUT2D eigenvalue weighted by Crippen LogP contribution is -2.20. The van der Waals surface area contributed by atoms with E-state index in [2.05, 4.69) is 34.4 Å². The van der Waals surface area contributed by atoms with E-state index in [1.165, 1.54) is 18.4 Å². The molecule has 1 aliphatic rings. The molecule has 1 N–H and O–H groups in total. The molecule has 0 saturated heterocycles. The van der Waals surface area contributed by atoms with Gasteiger partial charge in [-0.25, -0.2) is 4.98 Å². The number of nitrogens with zero attached hydrogens (tertiary/aromatic N) is 2. The van der Waals surface area contributed by atoms with Gasteiger partial charge in [0.25, 0.3) is 0 Å². The Morgan fingerprint density at radius 2 is 2.29 bits per heavy atom. The van der Waals surface area contributed by atoms with E-state index in [-0.39, 0.29) is 0 Å². The molecule has 1 saturated carbocycles. The zero-order valence-electron chi connectivity index (χ0n) is 8.83. The van der Waals surface area contributed by atoms with Crippen molar-refractivity contribution in [3.8, 4) is 0 Å². The molecule has 0 spiro atoms. The third kappa shape index (κ3) is 2.04. The summed E-state index contributed by atoms with van der Waals surface area (Å²) in [6.45, 7) is 0.889. The van der Waals surface area contributed by atoms with E-state index in [0.717, 1.165) is 18.4 Å². The third-order valence-electron chi connectivity index (χ3n) is 2.65. The van der Waals surface area contributed by atoms with Crippen molar-refractivity contribution in [2.75, 3.05) is 19.0 Å². The molecule has 1 fully saturated rings. The second-order valence-corrected chi connectivity index (χ2v) is 3.90. The Bertz CT molecular complexity index is 290. The largest absolute Gasteiger partial charge is 0.357 e. The van der Waals surface area contributed by atoms with E-state index in [1.54, 1.807) is 0 Å². The van der Waals surface area contributed by atoms with Crippen molar-refractivity contribution in [2.45, 2.75) is 25.4 Å². The maximum absolute atomic E-state index is 4.44. The molecule has 1 aromatic rings. The number of nitrogens with one attached hydrogen (secondary N) is 1. The lowest BCUT2D eigenvalue weighted by molar-refractivity contribution is 0.809. The van der Waals surface area contributed by atoms with Gasteiger partial charge in [0.05, 0.1) is 0 Å². The van der Waals surface area contributed by atoms with Gasteiger partial charge >= 0.3 is 0 Å². The van der Waals surface area contributed by atoms with Gasteiger partial charge in [-0.05, 0) is 31.5 Å². The van der Waals surface area contributed by atoms with Gasteiger partial charge in [0, 0.05) is 25.8 Å². The fourth-order valence-electron chi connectivity index (χ4n) is 1.58. The molecule has 0 aliphatic heterocycles. The lowest BCUT2D eigenvalue weighted by atomic mass is 10.3. The van der Waals surface area contributed by atoms with E-state index in [1.807, 2.05) is 13.2 Å². The minimum absolute atomic E-state index is 0.734. The second-order valence-electron chi connectivity index (χ2n) is 3.90. The molecule has 0 amide bonds. The quantitative estimate of drug-likeness (QED) is 0.779. The summed E-state index contributed by atoms with van der Waals surface area (Å²) >= 11 is 0. The Kier molecular flexibility index (Phi) is 2.68. The van der Waals surface area contributed by atoms with Crippen LogP contribution in [0.25, 0.3) is 0 Å². The molecular formula is C11H17N3. The fourth-order valence-corrected chi connectivity index (χ4v) is 1.58. The first kappa shape index (κ1) is 9.46. The van der Waals surface area contributed by atoms with E-state index in [4.69, 9.17) is 0 Å². The highest BCUT2D eigenvalue weighted by molar-refractivity contribution is 5.40. The average molecular weight is 191 g/mol. The van der Waals surface area contributed by atoms with Gasteiger partial charge in [0.15, 0.2) is 0 Å². The highest BCUT2D eigenvalue weighted by Crippen LogP contribution is 2.28. The molecule has 1 heterocycles. The van der Waals surface area contributed by atoms with Crippen molar-refractivity contribution in [1.82, 2.24) is 10.3 Å². The minimum Gasteiger partial charge on any atom is -0.357 e. The first-order valence-electron chi connectivity index (χ1n) is 5.13. The van der Waals surface area contributed by atoms with Crippen LogP contribution in [0.1, 0.15) is 18.4 Å². The summed E-state index contributed by atoms with van der Waals surface area (Å²) in [7, 11) is 4.07. The van der Waals surface area contributed by atoms with E-state index >= 15 is 0 Å². The van der Waals surface area contributed by atoms with Crippen molar-refractivity contribution in [3.05, 3.63) is 23.9 Å². The molecule has 76 valence electrons. The number of hydrogen-bond donors (Lipinski definition) is 1. The van der Waals surface area contributed by atoms with Gasteiger partial charge < -0.3 is 10.2 Å². The Morgan fingerprint density at radius 3 is 2.79 bits per heavy atom. The molecule has 0 bridgehead atoms. The SMILES string of the molecule is CNCc1ccc(N(C)C2CC2)nc1. The zero-order valence-corrected chi connectivity index (χ0v) is 8.83. The summed E-state index contributed by atoms with van der Waals surface area (Å²) in [6.07, 6.45) is 4.58. The molecule has 2 rings (SSSR count). The van der Waals surface area contributed by atoms with Crippen LogP contribution in [0.15, 0.2) is 18.3 Å². The lowest BCUT2D eigenvalue weighted by Gasteiger charge is -2.17. The maximum Gasteiger partial charge on any atom is 0.128 e. The van der Waals surface area contributed by atoms with Crippen LogP contribution in [0.2, 0.25) is 0 Å². The smallest absolute Gasteiger partial charge is 0.128 e. The topological polar surface area (TPSA) is 28.2 Å². The van der Waals surface area contributed by atoms with Gasteiger partial charge in [-0.15, -0.1) is 0 Å².